The van der Waals surface area contributed by atoms with Crippen LogP contribution in [0.4, 0.5) is 0 Å². The SMILES string of the molecule is CCCNCC(O)CS(=O)c1cccs1. The Balaban J connectivity index is 2.26. The van der Waals surface area contributed by atoms with Gasteiger partial charge in [0.2, 0.25) is 0 Å². The zero-order valence-electron chi connectivity index (χ0n) is 8.81. The molecular weight excluding hydrogens is 230 g/mol. The molecule has 3 nitrogen and oxygen atoms in total. The quantitative estimate of drug-likeness (QED) is 0.712. The largest absolute Gasteiger partial charge is 0.391 e. The van der Waals surface area contributed by atoms with E-state index in [4.69, 9.17) is 0 Å². The van der Waals surface area contributed by atoms with E-state index in [1.165, 1.54) is 11.3 Å². The van der Waals surface area contributed by atoms with Crippen molar-refractivity contribution in [3.05, 3.63) is 17.5 Å². The molecule has 86 valence electrons. The van der Waals surface area contributed by atoms with Gasteiger partial charge < -0.3 is 10.4 Å². The summed E-state index contributed by atoms with van der Waals surface area (Å²) in [5.74, 6) is 0.317. The van der Waals surface area contributed by atoms with Crippen LogP contribution in [-0.2, 0) is 10.8 Å². The van der Waals surface area contributed by atoms with Crippen LogP contribution in [0.3, 0.4) is 0 Å². The van der Waals surface area contributed by atoms with Crippen LogP contribution < -0.4 is 5.32 Å². The third-order valence-electron chi connectivity index (χ3n) is 1.87. The van der Waals surface area contributed by atoms with Crippen molar-refractivity contribution in [2.45, 2.75) is 23.7 Å². The minimum Gasteiger partial charge on any atom is -0.391 e. The van der Waals surface area contributed by atoms with Crippen molar-refractivity contribution in [3.8, 4) is 0 Å². The Morgan fingerprint density at radius 1 is 1.67 bits per heavy atom. The molecule has 1 aromatic rings. The maximum Gasteiger partial charge on any atom is 0.0911 e. The molecule has 0 saturated heterocycles. The molecule has 1 rings (SSSR count). The summed E-state index contributed by atoms with van der Waals surface area (Å²) >= 11 is 1.47. The first-order valence-electron chi connectivity index (χ1n) is 5.04. The lowest BCUT2D eigenvalue weighted by Crippen LogP contribution is -2.31. The number of rotatable bonds is 7. The molecule has 0 radical (unpaired) electrons. The van der Waals surface area contributed by atoms with Crippen molar-refractivity contribution in [3.63, 3.8) is 0 Å². The lowest BCUT2D eigenvalue weighted by molar-refractivity contribution is 0.195. The average Bonchev–Trinajstić information content (AvgIpc) is 2.70. The van der Waals surface area contributed by atoms with Crippen LogP contribution in [0, 0.1) is 0 Å². The summed E-state index contributed by atoms with van der Waals surface area (Å²) in [7, 11) is -1.06. The Kier molecular flexibility index (Phi) is 6.09. The fourth-order valence-electron chi connectivity index (χ4n) is 1.15. The summed E-state index contributed by atoms with van der Waals surface area (Å²) in [6.45, 7) is 3.48. The van der Waals surface area contributed by atoms with E-state index in [-0.39, 0.29) is 0 Å². The first kappa shape index (κ1) is 12.8. The second kappa shape index (κ2) is 7.11. The summed E-state index contributed by atoms with van der Waals surface area (Å²) in [4.78, 5) is 0. The Morgan fingerprint density at radius 3 is 3.07 bits per heavy atom. The first-order chi connectivity index (χ1) is 7.24. The molecule has 0 fully saturated rings. The van der Waals surface area contributed by atoms with Gasteiger partial charge in [-0.3, -0.25) is 4.21 Å². The second-order valence-electron chi connectivity index (χ2n) is 3.30. The third kappa shape index (κ3) is 4.88. The summed E-state index contributed by atoms with van der Waals surface area (Å²) in [6, 6.07) is 3.71. The Bertz CT molecular complexity index is 288. The van der Waals surface area contributed by atoms with Crippen LogP contribution in [0.25, 0.3) is 0 Å². The van der Waals surface area contributed by atoms with Crippen LogP contribution >= 0.6 is 11.3 Å². The summed E-state index contributed by atoms with van der Waals surface area (Å²) in [5.41, 5.74) is 0. The number of aliphatic hydroxyl groups is 1. The fraction of sp³-hybridized carbons (Fsp3) is 0.600. The normalized spacial score (nSPS) is 15.1. The molecule has 15 heavy (non-hydrogen) atoms. The molecule has 0 aliphatic carbocycles. The molecule has 0 aliphatic heterocycles. The Hall–Kier alpha value is -0.230. The predicted octanol–water partition coefficient (Wildman–Crippen LogP) is 1.22. The number of thiophene rings is 1. The molecule has 1 aromatic heterocycles. The van der Waals surface area contributed by atoms with E-state index < -0.39 is 16.9 Å². The standard InChI is InChI=1S/C10H17NO2S2/c1-2-5-11-7-9(12)8-15(13)10-4-3-6-14-10/h3-4,6,9,11-12H,2,5,7-8H2,1H3. The van der Waals surface area contributed by atoms with Crippen molar-refractivity contribution >= 4 is 22.1 Å². The van der Waals surface area contributed by atoms with E-state index in [2.05, 4.69) is 12.2 Å². The highest BCUT2D eigenvalue weighted by atomic mass is 32.2. The predicted molar refractivity (Wildman–Crippen MR) is 64.8 cm³/mol. The molecule has 0 spiro atoms. The first-order valence-corrected chi connectivity index (χ1v) is 7.24. The molecule has 2 atom stereocenters. The average molecular weight is 247 g/mol. The van der Waals surface area contributed by atoms with Gasteiger partial charge in [-0.15, -0.1) is 11.3 Å². The van der Waals surface area contributed by atoms with Gasteiger partial charge in [-0.05, 0) is 24.4 Å². The highest BCUT2D eigenvalue weighted by Crippen LogP contribution is 2.14. The third-order valence-corrected chi connectivity index (χ3v) is 4.65. The number of aliphatic hydroxyl groups excluding tert-OH is 1. The topological polar surface area (TPSA) is 49.3 Å². The van der Waals surface area contributed by atoms with Gasteiger partial charge in [0.25, 0.3) is 0 Å². The molecule has 5 heteroatoms. The minimum absolute atomic E-state index is 0.317. The highest BCUT2D eigenvalue weighted by molar-refractivity contribution is 7.87. The van der Waals surface area contributed by atoms with Gasteiger partial charge in [0.1, 0.15) is 0 Å². The summed E-state index contributed by atoms with van der Waals surface area (Å²) in [6.07, 6.45) is 0.514. The Morgan fingerprint density at radius 2 is 2.47 bits per heavy atom. The van der Waals surface area contributed by atoms with Crippen molar-refractivity contribution in [1.82, 2.24) is 5.32 Å². The number of hydrogen-bond donors (Lipinski definition) is 2. The lowest BCUT2D eigenvalue weighted by atomic mass is 10.4. The summed E-state index contributed by atoms with van der Waals surface area (Å²) < 4.78 is 12.5. The fourth-order valence-corrected chi connectivity index (χ4v) is 3.26. The van der Waals surface area contributed by atoms with Gasteiger partial charge in [-0.2, -0.15) is 0 Å². The monoisotopic (exact) mass is 247 g/mol. The maximum atomic E-state index is 11.7. The van der Waals surface area contributed by atoms with Crippen molar-refractivity contribution in [1.29, 1.82) is 0 Å². The minimum atomic E-state index is -1.06. The van der Waals surface area contributed by atoms with Crippen LogP contribution in [0.1, 0.15) is 13.3 Å². The second-order valence-corrected chi connectivity index (χ2v) is 5.97. The van der Waals surface area contributed by atoms with Gasteiger partial charge in [0.15, 0.2) is 0 Å². The van der Waals surface area contributed by atoms with Crippen molar-refractivity contribution < 1.29 is 9.32 Å². The summed E-state index contributed by atoms with van der Waals surface area (Å²) in [5, 5.41) is 14.6. The van der Waals surface area contributed by atoms with E-state index in [0.717, 1.165) is 17.2 Å². The van der Waals surface area contributed by atoms with Gasteiger partial charge in [-0.1, -0.05) is 13.0 Å². The van der Waals surface area contributed by atoms with Crippen LogP contribution in [0.15, 0.2) is 21.7 Å². The van der Waals surface area contributed by atoms with E-state index in [1.807, 2.05) is 17.5 Å². The van der Waals surface area contributed by atoms with Gasteiger partial charge in [0, 0.05) is 6.54 Å². The molecule has 2 unspecified atom stereocenters. The van der Waals surface area contributed by atoms with Crippen LogP contribution in [0.5, 0.6) is 0 Å². The van der Waals surface area contributed by atoms with Crippen LogP contribution in [0.2, 0.25) is 0 Å². The molecule has 0 aromatic carbocycles. The zero-order valence-corrected chi connectivity index (χ0v) is 10.4. The zero-order chi connectivity index (χ0) is 11.1. The number of hydrogen-bond acceptors (Lipinski definition) is 4. The molecule has 0 bridgehead atoms. The molecule has 0 amide bonds. The Labute approximate surface area is 97.0 Å². The molecule has 2 N–H and O–H groups in total. The van der Waals surface area contributed by atoms with Gasteiger partial charge in [-0.25, -0.2) is 0 Å². The molecular formula is C10H17NO2S2. The van der Waals surface area contributed by atoms with E-state index in [1.54, 1.807) is 0 Å². The maximum absolute atomic E-state index is 11.7. The highest BCUT2D eigenvalue weighted by Gasteiger charge is 2.11. The van der Waals surface area contributed by atoms with E-state index in [9.17, 15) is 9.32 Å². The van der Waals surface area contributed by atoms with E-state index >= 15 is 0 Å². The smallest absolute Gasteiger partial charge is 0.0911 e. The van der Waals surface area contributed by atoms with Crippen molar-refractivity contribution in [2.24, 2.45) is 0 Å². The molecule has 0 saturated carbocycles. The van der Waals surface area contributed by atoms with E-state index in [0.29, 0.717) is 12.3 Å². The van der Waals surface area contributed by atoms with Gasteiger partial charge in [0.05, 0.1) is 26.9 Å². The number of nitrogens with one attached hydrogen (secondary N) is 1. The van der Waals surface area contributed by atoms with Crippen LogP contribution in [-0.4, -0.2) is 34.3 Å². The van der Waals surface area contributed by atoms with Crippen molar-refractivity contribution in [2.75, 3.05) is 18.8 Å². The lowest BCUT2D eigenvalue weighted by Gasteiger charge is -2.10. The van der Waals surface area contributed by atoms with Gasteiger partial charge >= 0.3 is 0 Å². The molecule has 1 heterocycles. The molecule has 0 aliphatic rings.